The fourth-order valence-corrected chi connectivity index (χ4v) is 2.03. The van der Waals surface area contributed by atoms with Crippen LogP contribution in [0.5, 0.6) is 0 Å². The summed E-state index contributed by atoms with van der Waals surface area (Å²) in [5.74, 6) is -0.0917. The van der Waals surface area contributed by atoms with E-state index in [1.165, 1.54) is 18.4 Å². The van der Waals surface area contributed by atoms with Gasteiger partial charge in [-0.2, -0.15) is 0 Å². The molecule has 1 heterocycles. The molecule has 1 amide bonds. The smallest absolute Gasteiger partial charge is 0.226 e. The third-order valence-electron chi connectivity index (χ3n) is 3.79. The van der Waals surface area contributed by atoms with Crippen LogP contribution in [0.4, 0.5) is 4.39 Å². The van der Waals surface area contributed by atoms with Crippen LogP contribution < -0.4 is 5.32 Å². The first-order valence-corrected chi connectivity index (χ1v) is 7.64. The van der Waals surface area contributed by atoms with Gasteiger partial charge in [0.2, 0.25) is 11.8 Å². The number of oxazole rings is 1. The summed E-state index contributed by atoms with van der Waals surface area (Å²) in [7, 11) is 0. The van der Waals surface area contributed by atoms with Crippen molar-refractivity contribution in [2.75, 3.05) is 6.54 Å². The van der Waals surface area contributed by atoms with Gasteiger partial charge in [-0.1, -0.05) is 20.3 Å². The molecule has 2 N–H and O–H groups in total. The quantitative estimate of drug-likeness (QED) is 0.822. The van der Waals surface area contributed by atoms with Crippen molar-refractivity contribution in [3.05, 3.63) is 42.0 Å². The van der Waals surface area contributed by atoms with Crippen LogP contribution >= 0.6 is 0 Å². The van der Waals surface area contributed by atoms with Crippen LogP contribution in [0.1, 0.15) is 26.0 Å². The summed E-state index contributed by atoms with van der Waals surface area (Å²) in [4.78, 5) is 16.1. The highest BCUT2D eigenvalue weighted by atomic mass is 19.1. The number of benzene rings is 1. The van der Waals surface area contributed by atoms with E-state index in [9.17, 15) is 14.3 Å². The number of aliphatic hydroxyl groups is 1. The van der Waals surface area contributed by atoms with Crippen LogP contribution in [0.15, 0.2) is 34.9 Å². The van der Waals surface area contributed by atoms with Gasteiger partial charge in [0, 0.05) is 12.1 Å². The fraction of sp³-hybridized carbons (Fsp3) is 0.412. The molecule has 5 nitrogen and oxygen atoms in total. The number of nitrogens with zero attached hydrogens (tertiary/aromatic N) is 1. The summed E-state index contributed by atoms with van der Waals surface area (Å²) in [6, 6.07) is 5.77. The molecule has 0 radical (unpaired) electrons. The zero-order valence-corrected chi connectivity index (χ0v) is 13.3. The Hall–Kier alpha value is -2.21. The number of amides is 1. The first kappa shape index (κ1) is 17.1. The molecule has 1 aromatic heterocycles. The maximum Gasteiger partial charge on any atom is 0.226 e. The van der Waals surface area contributed by atoms with Crippen molar-refractivity contribution in [1.82, 2.24) is 10.3 Å². The van der Waals surface area contributed by atoms with E-state index in [1.807, 2.05) is 13.8 Å². The third-order valence-corrected chi connectivity index (χ3v) is 3.79. The van der Waals surface area contributed by atoms with Crippen molar-refractivity contribution >= 4 is 5.91 Å². The van der Waals surface area contributed by atoms with Gasteiger partial charge in [0.1, 0.15) is 12.1 Å². The Morgan fingerprint density at radius 3 is 2.74 bits per heavy atom. The first-order chi connectivity index (χ1) is 11.0. The van der Waals surface area contributed by atoms with Crippen molar-refractivity contribution in [3.8, 4) is 11.5 Å². The minimum atomic E-state index is -0.559. The van der Waals surface area contributed by atoms with Gasteiger partial charge in [-0.25, -0.2) is 9.37 Å². The number of carbonyl (C=O) groups excluding carboxylic acids is 1. The summed E-state index contributed by atoms with van der Waals surface area (Å²) in [6.45, 7) is 4.14. The molecule has 0 fully saturated rings. The molecule has 0 aliphatic rings. The second kappa shape index (κ2) is 7.87. The Kier molecular flexibility index (Phi) is 5.87. The second-order valence-corrected chi connectivity index (χ2v) is 5.58. The molecule has 0 saturated heterocycles. The summed E-state index contributed by atoms with van der Waals surface area (Å²) in [5, 5.41) is 12.5. The molecule has 1 aromatic carbocycles. The van der Waals surface area contributed by atoms with Crippen molar-refractivity contribution in [2.24, 2.45) is 5.92 Å². The average Bonchev–Trinajstić information content (AvgIpc) is 3.00. The van der Waals surface area contributed by atoms with E-state index >= 15 is 0 Å². The molecule has 0 saturated carbocycles. The van der Waals surface area contributed by atoms with E-state index in [2.05, 4.69) is 10.3 Å². The van der Waals surface area contributed by atoms with Crippen LogP contribution in [-0.4, -0.2) is 28.6 Å². The van der Waals surface area contributed by atoms with Crippen molar-refractivity contribution in [2.45, 2.75) is 32.8 Å². The van der Waals surface area contributed by atoms with E-state index in [-0.39, 0.29) is 30.6 Å². The van der Waals surface area contributed by atoms with Crippen LogP contribution in [0, 0.1) is 11.7 Å². The maximum absolute atomic E-state index is 12.9. The summed E-state index contributed by atoms with van der Waals surface area (Å²) in [6.07, 6.45) is 1.76. The number of nitrogens with one attached hydrogen (secondary N) is 1. The predicted molar refractivity (Wildman–Crippen MR) is 84.1 cm³/mol. The van der Waals surface area contributed by atoms with Crippen LogP contribution in [0.2, 0.25) is 0 Å². The Labute approximate surface area is 134 Å². The number of halogens is 1. The fourth-order valence-electron chi connectivity index (χ4n) is 2.03. The minimum absolute atomic E-state index is 0.0674. The van der Waals surface area contributed by atoms with E-state index < -0.39 is 6.10 Å². The Morgan fingerprint density at radius 2 is 2.09 bits per heavy atom. The zero-order chi connectivity index (χ0) is 16.8. The number of aliphatic hydroxyl groups excluding tert-OH is 1. The monoisotopic (exact) mass is 320 g/mol. The maximum atomic E-state index is 12.9. The topological polar surface area (TPSA) is 75.4 Å². The lowest BCUT2D eigenvalue weighted by Gasteiger charge is -2.17. The van der Waals surface area contributed by atoms with Gasteiger partial charge in [0.15, 0.2) is 0 Å². The molecule has 0 aliphatic carbocycles. The highest BCUT2D eigenvalue weighted by Gasteiger charge is 2.15. The van der Waals surface area contributed by atoms with Crippen molar-refractivity contribution in [1.29, 1.82) is 0 Å². The first-order valence-electron chi connectivity index (χ1n) is 7.64. The molecule has 2 aromatic rings. The highest BCUT2D eigenvalue weighted by Crippen LogP contribution is 2.19. The number of rotatable bonds is 7. The minimum Gasteiger partial charge on any atom is -0.444 e. The van der Waals surface area contributed by atoms with Crippen LogP contribution in [0.3, 0.4) is 0 Å². The van der Waals surface area contributed by atoms with E-state index in [1.54, 1.807) is 12.1 Å². The molecule has 2 rings (SSSR count). The van der Waals surface area contributed by atoms with Gasteiger partial charge in [0.05, 0.1) is 18.2 Å². The summed E-state index contributed by atoms with van der Waals surface area (Å²) >= 11 is 0. The average molecular weight is 320 g/mol. The van der Waals surface area contributed by atoms with E-state index in [0.717, 1.165) is 6.42 Å². The molecule has 2 unspecified atom stereocenters. The van der Waals surface area contributed by atoms with Gasteiger partial charge >= 0.3 is 0 Å². The van der Waals surface area contributed by atoms with Crippen LogP contribution in [0.25, 0.3) is 11.5 Å². The van der Waals surface area contributed by atoms with Gasteiger partial charge in [0.25, 0.3) is 0 Å². The number of hydrogen-bond acceptors (Lipinski definition) is 4. The molecule has 0 aliphatic heterocycles. The lowest BCUT2D eigenvalue weighted by molar-refractivity contribution is -0.121. The van der Waals surface area contributed by atoms with E-state index in [0.29, 0.717) is 17.1 Å². The highest BCUT2D eigenvalue weighted by molar-refractivity contribution is 5.78. The van der Waals surface area contributed by atoms with Crippen molar-refractivity contribution < 1.29 is 18.7 Å². The SMILES string of the molecule is CCC(C)C(O)CNC(=O)Cc1coc(-c2ccc(F)cc2)n1. The standard InChI is InChI=1S/C17H21FN2O3/c1-3-11(2)15(21)9-19-16(22)8-14-10-23-17(20-14)12-4-6-13(18)7-5-12/h4-7,10-11,15,21H,3,8-9H2,1-2H3,(H,19,22). The molecule has 0 spiro atoms. The molecule has 23 heavy (non-hydrogen) atoms. The Balaban J connectivity index is 1.89. The molecular formula is C17H21FN2O3. The molecule has 124 valence electrons. The van der Waals surface area contributed by atoms with Gasteiger partial charge in [-0.15, -0.1) is 0 Å². The molecule has 6 heteroatoms. The molecule has 2 atom stereocenters. The summed E-state index contributed by atoms with van der Waals surface area (Å²) < 4.78 is 18.2. The lowest BCUT2D eigenvalue weighted by Crippen LogP contribution is -2.36. The summed E-state index contributed by atoms with van der Waals surface area (Å²) in [5.41, 5.74) is 1.13. The lowest BCUT2D eigenvalue weighted by atomic mass is 10.0. The third kappa shape index (κ3) is 4.89. The molecular weight excluding hydrogens is 299 g/mol. The number of carbonyl (C=O) groups is 1. The number of hydrogen-bond donors (Lipinski definition) is 2. The number of aromatic nitrogens is 1. The normalized spacial score (nSPS) is 13.6. The van der Waals surface area contributed by atoms with Gasteiger partial charge in [-0.05, 0) is 30.2 Å². The predicted octanol–water partition coefficient (Wildman–Crippen LogP) is 2.55. The molecule has 0 bridgehead atoms. The Bertz CT molecular complexity index is 640. The van der Waals surface area contributed by atoms with Gasteiger partial charge < -0.3 is 14.8 Å². The zero-order valence-electron chi connectivity index (χ0n) is 13.3. The Morgan fingerprint density at radius 1 is 1.39 bits per heavy atom. The largest absolute Gasteiger partial charge is 0.444 e. The van der Waals surface area contributed by atoms with Crippen molar-refractivity contribution in [3.63, 3.8) is 0 Å². The van der Waals surface area contributed by atoms with E-state index in [4.69, 9.17) is 4.42 Å². The van der Waals surface area contributed by atoms with Crippen LogP contribution in [-0.2, 0) is 11.2 Å². The second-order valence-electron chi connectivity index (χ2n) is 5.58. The van der Waals surface area contributed by atoms with Gasteiger partial charge in [-0.3, -0.25) is 4.79 Å².